The highest BCUT2D eigenvalue weighted by molar-refractivity contribution is 9.11. The van der Waals surface area contributed by atoms with Gasteiger partial charge < -0.3 is 15.2 Å². The van der Waals surface area contributed by atoms with E-state index in [1.165, 1.54) is 0 Å². The summed E-state index contributed by atoms with van der Waals surface area (Å²) in [5, 5.41) is 12.4. The Hall–Kier alpha value is -1.60. The summed E-state index contributed by atoms with van der Waals surface area (Å²) in [5.41, 5.74) is 3.03. The van der Waals surface area contributed by atoms with Crippen molar-refractivity contribution in [3.05, 3.63) is 56.0 Å². The number of aromatic hydroxyl groups is 1. The second-order valence-corrected chi connectivity index (χ2v) is 8.13. The van der Waals surface area contributed by atoms with Crippen LogP contribution in [0.25, 0.3) is 0 Å². The van der Waals surface area contributed by atoms with Gasteiger partial charge in [0.2, 0.25) is 0 Å². The molecule has 7 heteroatoms. The van der Waals surface area contributed by atoms with Crippen molar-refractivity contribution in [3.8, 4) is 11.5 Å². The van der Waals surface area contributed by atoms with E-state index in [2.05, 4.69) is 37.2 Å². The number of nitrogens with one attached hydrogen (secondary N) is 1. The standard InChI is InChI=1S/C20H22Br2FNO3/c1-12(2)15-7-13(3-4-19(15)25)8-16-17(21)9-14(10-18(16)22)27-11-20(26)24-6-5-23/h3-4,7,9-10,12,25H,5-6,8,11H2,1-2H3,(H,24,26). The van der Waals surface area contributed by atoms with Crippen molar-refractivity contribution in [2.75, 3.05) is 19.8 Å². The van der Waals surface area contributed by atoms with E-state index < -0.39 is 6.67 Å². The van der Waals surface area contributed by atoms with Crippen LogP contribution in [0.3, 0.4) is 0 Å². The number of hydrogen-bond acceptors (Lipinski definition) is 3. The van der Waals surface area contributed by atoms with Crippen molar-refractivity contribution in [1.29, 1.82) is 0 Å². The molecule has 0 aliphatic rings. The fourth-order valence-electron chi connectivity index (χ4n) is 2.60. The Bertz CT molecular complexity index is 789. The number of carbonyl (C=O) groups excluding carboxylic acids is 1. The van der Waals surface area contributed by atoms with E-state index in [1.54, 1.807) is 18.2 Å². The number of carbonyl (C=O) groups is 1. The first-order valence-electron chi connectivity index (χ1n) is 8.57. The number of phenols is 1. The minimum Gasteiger partial charge on any atom is -0.508 e. The van der Waals surface area contributed by atoms with Crippen molar-refractivity contribution >= 4 is 37.8 Å². The zero-order chi connectivity index (χ0) is 20.0. The SMILES string of the molecule is CC(C)c1cc(Cc2c(Br)cc(OCC(=O)NCCF)cc2Br)ccc1O. The van der Waals surface area contributed by atoms with Crippen molar-refractivity contribution in [1.82, 2.24) is 5.32 Å². The van der Waals surface area contributed by atoms with E-state index in [9.17, 15) is 14.3 Å². The van der Waals surface area contributed by atoms with Crippen LogP contribution in [-0.2, 0) is 11.2 Å². The summed E-state index contributed by atoms with van der Waals surface area (Å²) in [4.78, 5) is 11.5. The third kappa shape index (κ3) is 6.21. The van der Waals surface area contributed by atoms with E-state index in [0.717, 1.165) is 25.6 Å². The van der Waals surface area contributed by atoms with Crippen LogP contribution in [-0.4, -0.2) is 30.8 Å². The van der Waals surface area contributed by atoms with E-state index in [0.29, 0.717) is 17.9 Å². The van der Waals surface area contributed by atoms with Gasteiger partial charge in [0, 0.05) is 15.5 Å². The van der Waals surface area contributed by atoms with Crippen molar-refractivity contribution in [2.24, 2.45) is 0 Å². The lowest BCUT2D eigenvalue weighted by atomic mass is 9.96. The van der Waals surface area contributed by atoms with Gasteiger partial charge in [-0.1, -0.05) is 57.8 Å². The van der Waals surface area contributed by atoms with E-state index in [-0.39, 0.29) is 25.0 Å². The minimum absolute atomic E-state index is 0.0144. The average molecular weight is 503 g/mol. The maximum atomic E-state index is 12.1. The summed E-state index contributed by atoms with van der Waals surface area (Å²) in [6, 6.07) is 9.23. The average Bonchev–Trinajstić information content (AvgIpc) is 2.62. The van der Waals surface area contributed by atoms with Gasteiger partial charge in [-0.3, -0.25) is 4.79 Å². The Labute approximate surface area is 175 Å². The van der Waals surface area contributed by atoms with Crippen LogP contribution in [0, 0.1) is 0 Å². The Balaban J connectivity index is 2.13. The van der Waals surface area contributed by atoms with Crippen LogP contribution < -0.4 is 10.1 Å². The van der Waals surface area contributed by atoms with Gasteiger partial charge >= 0.3 is 0 Å². The van der Waals surface area contributed by atoms with Crippen LogP contribution in [0.15, 0.2) is 39.3 Å². The van der Waals surface area contributed by atoms with E-state index in [4.69, 9.17) is 4.74 Å². The van der Waals surface area contributed by atoms with Crippen LogP contribution in [0.4, 0.5) is 4.39 Å². The van der Waals surface area contributed by atoms with Gasteiger partial charge in [0.25, 0.3) is 5.91 Å². The molecule has 1 amide bonds. The molecule has 146 valence electrons. The fourth-order valence-corrected chi connectivity index (χ4v) is 4.02. The van der Waals surface area contributed by atoms with Gasteiger partial charge in [-0.25, -0.2) is 4.39 Å². The monoisotopic (exact) mass is 501 g/mol. The third-order valence-electron chi connectivity index (χ3n) is 4.00. The first-order chi connectivity index (χ1) is 12.8. The van der Waals surface area contributed by atoms with Crippen LogP contribution in [0.1, 0.15) is 36.5 Å². The van der Waals surface area contributed by atoms with Gasteiger partial charge in [0.15, 0.2) is 6.61 Å². The number of halogens is 3. The number of rotatable bonds is 8. The maximum Gasteiger partial charge on any atom is 0.258 e. The molecule has 0 bridgehead atoms. The first-order valence-corrected chi connectivity index (χ1v) is 10.2. The molecular formula is C20H22Br2FNO3. The summed E-state index contributed by atoms with van der Waals surface area (Å²) in [7, 11) is 0. The van der Waals surface area contributed by atoms with Gasteiger partial charge in [-0.2, -0.15) is 0 Å². The topological polar surface area (TPSA) is 58.6 Å². The number of ether oxygens (including phenoxy) is 1. The summed E-state index contributed by atoms with van der Waals surface area (Å²) < 4.78 is 19.2. The fraction of sp³-hybridized carbons (Fsp3) is 0.350. The Kier molecular flexibility index (Phi) is 8.10. The first kappa shape index (κ1) is 21.7. The molecule has 2 rings (SSSR count). The van der Waals surface area contributed by atoms with Gasteiger partial charge in [-0.05, 0) is 47.2 Å². The van der Waals surface area contributed by atoms with Gasteiger partial charge in [0.1, 0.15) is 18.2 Å². The maximum absolute atomic E-state index is 12.1. The number of amides is 1. The molecular weight excluding hydrogens is 481 g/mol. The molecule has 2 aromatic rings. The Morgan fingerprint density at radius 3 is 2.48 bits per heavy atom. The lowest BCUT2D eigenvalue weighted by Crippen LogP contribution is -2.30. The largest absolute Gasteiger partial charge is 0.508 e. The van der Waals surface area contributed by atoms with Gasteiger partial charge in [-0.15, -0.1) is 0 Å². The molecule has 2 N–H and O–H groups in total. The Morgan fingerprint density at radius 1 is 1.22 bits per heavy atom. The minimum atomic E-state index is -0.604. The van der Waals surface area contributed by atoms with Crippen molar-refractivity contribution in [2.45, 2.75) is 26.2 Å². The smallest absolute Gasteiger partial charge is 0.258 e. The molecule has 0 aromatic heterocycles. The summed E-state index contributed by atoms with van der Waals surface area (Å²) >= 11 is 7.11. The van der Waals surface area contributed by atoms with Crippen molar-refractivity contribution in [3.63, 3.8) is 0 Å². The van der Waals surface area contributed by atoms with Crippen LogP contribution >= 0.6 is 31.9 Å². The second-order valence-electron chi connectivity index (χ2n) is 6.42. The quantitative estimate of drug-likeness (QED) is 0.528. The molecule has 27 heavy (non-hydrogen) atoms. The van der Waals surface area contributed by atoms with Crippen molar-refractivity contribution < 1.29 is 19.0 Å². The summed E-state index contributed by atoms with van der Waals surface area (Å²) in [5.74, 6) is 0.702. The molecule has 4 nitrogen and oxygen atoms in total. The number of alkyl halides is 1. The van der Waals surface area contributed by atoms with E-state index >= 15 is 0 Å². The molecule has 0 spiro atoms. The number of phenolic OH excluding ortho intramolecular Hbond substituents is 1. The second kappa shape index (κ2) is 10.1. The highest BCUT2D eigenvalue weighted by Crippen LogP contribution is 2.34. The molecule has 0 atom stereocenters. The molecule has 0 fully saturated rings. The Morgan fingerprint density at radius 2 is 1.89 bits per heavy atom. The van der Waals surface area contributed by atoms with Crippen LogP contribution in [0.5, 0.6) is 11.5 Å². The van der Waals surface area contributed by atoms with Gasteiger partial charge in [0.05, 0.1) is 0 Å². The lowest BCUT2D eigenvalue weighted by Gasteiger charge is -2.14. The molecule has 0 unspecified atom stereocenters. The predicted molar refractivity (Wildman–Crippen MR) is 111 cm³/mol. The normalized spacial score (nSPS) is 10.9. The molecule has 0 saturated carbocycles. The number of hydrogen-bond donors (Lipinski definition) is 2. The molecule has 0 aliphatic heterocycles. The van der Waals surface area contributed by atoms with E-state index in [1.807, 2.05) is 26.0 Å². The highest BCUT2D eigenvalue weighted by atomic mass is 79.9. The third-order valence-corrected chi connectivity index (χ3v) is 5.41. The zero-order valence-corrected chi connectivity index (χ0v) is 18.4. The summed E-state index contributed by atoms with van der Waals surface area (Å²) in [6.45, 7) is 3.29. The highest BCUT2D eigenvalue weighted by Gasteiger charge is 2.13. The molecule has 0 aliphatic carbocycles. The van der Waals surface area contributed by atoms with Crippen LogP contribution in [0.2, 0.25) is 0 Å². The lowest BCUT2D eigenvalue weighted by molar-refractivity contribution is -0.123. The number of benzene rings is 2. The molecule has 0 heterocycles. The molecule has 0 radical (unpaired) electrons. The molecule has 2 aromatic carbocycles. The predicted octanol–water partition coefficient (Wildman–Crippen LogP) is 5.10. The zero-order valence-electron chi connectivity index (χ0n) is 15.2. The molecule has 0 saturated heterocycles. The summed E-state index contributed by atoms with van der Waals surface area (Å²) in [6.07, 6.45) is 0.665.